The standard InChI is InChI=1S/C12H17N3/c1-9(2)10(3)15(4)12-6-5-11(7-13)8-14-12/h5-6,8-10H,1-4H3. The van der Waals surface area contributed by atoms with Crippen molar-refractivity contribution in [3.63, 3.8) is 0 Å². The Labute approximate surface area is 91.4 Å². The number of anilines is 1. The molecule has 0 aliphatic heterocycles. The van der Waals surface area contributed by atoms with Crippen molar-refractivity contribution < 1.29 is 0 Å². The van der Waals surface area contributed by atoms with Crippen molar-refractivity contribution in [3.8, 4) is 6.07 Å². The van der Waals surface area contributed by atoms with Crippen LogP contribution in [0.4, 0.5) is 5.82 Å². The molecule has 3 nitrogen and oxygen atoms in total. The van der Waals surface area contributed by atoms with Crippen LogP contribution in [0.3, 0.4) is 0 Å². The van der Waals surface area contributed by atoms with Crippen LogP contribution in [-0.4, -0.2) is 18.1 Å². The van der Waals surface area contributed by atoms with Gasteiger partial charge in [0.05, 0.1) is 5.56 Å². The summed E-state index contributed by atoms with van der Waals surface area (Å²) in [6, 6.07) is 6.18. The molecule has 1 atom stereocenters. The molecule has 0 radical (unpaired) electrons. The van der Waals surface area contributed by atoms with Crippen LogP contribution in [-0.2, 0) is 0 Å². The smallest absolute Gasteiger partial charge is 0.128 e. The lowest BCUT2D eigenvalue weighted by Gasteiger charge is -2.28. The quantitative estimate of drug-likeness (QED) is 0.757. The largest absolute Gasteiger partial charge is 0.357 e. The highest BCUT2D eigenvalue weighted by atomic mass is 15.2. The number of nitrogens with zero attached hydrogens (tertiary/aromatic N) is 3. The number of hydrogen-bond acceptors (Lipinski definition) is 3. The summed E-state index contributed by atoms with van der Waals surface area (Å²) in [6.07, 6.45) is 1.61. The third-order valence-corrected chi connectivity index (χ3v) is 2.81. The summed E-state index contributed by atoms with van der Waals surface area (Å²) < 4.78 is 0. The van der Waals surface area contributed by atoms with Gasteiger partial charge in [-0.15, -0.1) is 0 Å². The topological polar surface area (TPSA) is 39.9 Å². The SMILES string of the molecule is CC(C)C(C)N(C)c1ccc(C#N)cn1. The monoisotopic (exact) mass is 203 g/mol. The molecule has 1 aromatic heterocycles. The Morgan fingerprint density at radius 1 is 1.33 bits per heavy atom. The third kappa shape index (κ3) is 2.69. The van der Waals surface area contributed by atoms with Gasteiger partial charge in [-0.2, -0.15) is 5.26 Å². The highest BCUT2D eigenvalue weighted by molar-refractivity contribution is 5.41. The maximum atomic E-state index is 8.66. The van der Waals surface area contributed by atoms with Gasteiger partial charge in [-0.3, -0.25) is 0 Å². The molecule has 0 aliphatic carbocycles. The van der Waals surface area contributed by atoms with E-state index in [2.05, 4.69) is 36.7 Å². The summed E-state index contributed by atoms with van der Waals surface area (Å²) >= 11 is 0. The second-order valence-corrected chi connectivity index (χ2v) is 4.11. The van der Waals surface area contributed by atoms with E-state index in [1.807, 2.05) is 13.1 Å². The maximum absolute atomic E-state index is 8.66. The first-order valence-corrected chi connectivity index (χ1v) is 5.15. The first-order chi connectivity index (χ1) is 7.06. The summed E-state index contributed by atoms with van der Waals surface area (Å²) in [7, 11) is 2.03. The van der Waals surface area contributed by atoms with Gasteiger partial charge in [-0.05, 0) is 25.0 Å². The van der Waals surface area contributed by atoms with Gasteiger partial charge >= 0.3 is 0 Å². The molecular formula is C12H17N3. The van der Waals surface area contributed by atoms with Gasteiger partial charge in [0.15, 0.2) is 0 Å². The number of aromatic nitrogens is 1. The van der Waals surface area contributed by atoms with Gasteiger partial charge in [-0.1, -0.05) is 13.8 Å². The highest BCUT2D eigenvalue weighted by Crippen LogP contribution is 2.16. The van der Waals surface area contributed by atoms with Crippen molar-refractivity contribution in [1.29, 1.82) is 5.26 Å². The second kappa shape index (κ2) is 4.79. The zero-order valence-corrected chi connectivity index (χ0v) is 9.73. The minimum Gasteiger partial charge on any atom is -0.357 e. The minimum absolute atomic E-state index is 0.436. The fraction of sp³-hybridized carbons (Fsp3) is 0.500. The van der Waals surface area contributed by atoms with E-state index in [-0.39, 0.29) is 0 Å². The molecule has 3 heteroatoms. The average Bonchev–Trinajstić information content (AvgIpc) is 2.27. The molecule has 1 rings (SSSR count). The summed E-state index contributed by atoms with van der Waals surface area (Å²) in [5.74, 6) is 1.49. The molecular weight excluding hydrogens is 186 g/mol. The number of hydrogen-bond donors (Lipinski definition) is 0. The van der Waals surface area contributed by atoms with Crippen LogP contribution in [0.15, 0.2) is 18.3 Å². The molecule has 0 aliphatic rings. The molecule has 15 heavy (non-hydrogen) atoms. The van der Waals surface area contributed by atoms with E-state index in [4.69, 9.17) is 5.26 Å². The average molecular weight is 203 g/mol. The van der Waals surface area contributed by atoms with E-state index in [1.54, 1.807) is 12.3 Å². The third-order valence-electron chi connectivity index (χ3n) is 2.81. The summed E-state index contributed by atoms with van der Waals surface area (Å²) in [5, 5.41) is 8.66. The molecule has 1 heterocycles. The van der Waals surface area contributed by atoms with Crippen LogP contribution < -0.4 is 4.90 Å². The van der Waals surface area contributed by atoms with E-state index in [0.29, 0.717) is 17.5 Å². The first-order valence-electron chi connectivity index (χ1n) is 5.15. The Hall–Kier alpha value is -1.56. The van der Waals surface area contributed by atoms with Crippen LogP contribution in [0.1, 0.15) is 26.3 Å². The lowest BCUT2D eigenvalue weighted by Crippen LogP contribution is -2.33. The van der Waals surface area contributed by atoms with Crippen molar-refractivity contribution in [1.82, 2.24) is 4.98 Å². The maximum Gasteiger partial charge on any atom is 0.128 e. The fourth-order valence-corrected chi connectivity index (χ4v) is 1.32. The second-order valence-electron chi connectivity index (χ2n) is 4.11. The van der Waals surface area contributed by atoms with E-state index in [9.17, 15) is 0 Å². The molecule has 0 bridgehead atoms. The van der Waals surface area contributed by atoms with Gasteiger partial charge < -0.3 is 4.90 Å². The van der Waals surface area contributed by atoms with Crippen molar-refractivity contribution in [2.45, 2.75) is 26.8 Å². The van der Waals surface area contributed by atoms with E-state index in [1.165, 1.54) is 0 Å². The number of nitriles is 1. The van der Waals surface area contributed by atoms with Gasteiger partial charge in [0.2, 0.25) is 0 Å². The van der Waals surface area contributed by atoms with Crippen LogP contribution in [0.5, 0.6) is 0 Å². The Bertz CT molecular complexity index is 348. The van der Waals surface area contributed by atoms with Crippen LogP contribution in [0, 0.1) is 17.2 Å². The van der Waals surface area contributed by atoms with E-state index in [0.717, 1.165) is 5.82 Å². The van der Waals surface area contributed by atoms with Crippen molar-refractivity contribution >= 4 is 5.82 Å². The Kier molecular flexibility index (Phi) is 3.68. The Balaban J connectivity index is 2.83. The lowest BCUT2D eigenvalue weighted by molar-refractivity contribution is 0.503. The zero-order chi connectivity index (χ0) is 11.4. The molecule has 1 unspecified atom stereocenters. The number of rotatable bonds is 3. The molecule has 80 valence electrons. The van der Waals surface area contributed by atoms with Crippen LogP contribution in [0.25, 0.3) is 0 Å². The zero-order valence-electron chi connectivity index (χ0n) is 9.73. The summed E-state index contributed by atoms with van der Waals surface area (Å²) in [5.41, 5.74) is 0.601. The molecule has 0 saturated carbocycles. The van der Waals surface area contributed by atoms with Gasteiger partial charge in [-0.25, -0.2) is 4.98 Å². The summed E-state index contributed by atoms with van der Waals surface area (Å²) in [6.45, 7) is 6.54. The Morgan fingerprint density at radius 2 is 2.00 bits per heavy atom. The van der Waals surface area contributed by atoms with Crippen molar-refractivity contribution in [2.75, 3.05) is 11.9 Å². The van der Waals surface area contributed by atoms with E-state index >= 15 is 0 Å². The van der Waals surface area contributed by atoms with Gasteiger partial charge in [0.1, 0.15) is 11.9 Å². The van der Waals surface area contributed by atoms with Crippen molar-refractivity contribution in [2.24, 2.45) is 5.92 Å². The predicted octanol–water partition coefficient (Wildman–Crippen LogP) is 2.43. The lowest BCUT2D eigenvalue weighted by atomic mass is 10.1. The molecule has 0 aromatic carbocycles. The summed E-state index contributed by atoms with van der Waals surface area (Å²) in [4.78, 5) is 6.39. The van der Waals surface area contributed by atoms with Gasteiger partial charge in [0, 0.05) is 19.3 Å². The minimum atomic E-state index is 0.436. The van der Waals surface area contributed by atoms with Crippen LogP contribution in [0.2, 0.25) is 0 Å². The molecule has 0 amide bonds. The van der Waals surface area contributed by atoms with Crippen molar-refractivity contribution in [3.05, 3.63) is 23.9 Å². The molecule has 0 saturated heterocycles. The molecule has 1 aromatic rings. The molecule has 0 spiro atoms. The predicted molar refractivity (Wildman–Crippen MR) is 61.7 cm³/mol. The van der Waals surface area contributed by atoms with E-state index < -0.39 is 0 Å². The first kappa shape index (κ1) is 11.5. The van der Waals surface area contributed by atoms with Crippen LogP contribution >= 0.6 is 0 Å². The molecule has 0 N–H and O–H groups in total. The number of pyridine rings is 1. The Morgan fingerprint density at radius 3 is 2.40 bits per heavy atom. The fourth-order valence-electron chi connectivity index (χ4n) is 1.32. The highest BCUT2D eigenvalue weighted by Gasteiger charge is 2.14. The van der Waals surface area contributed by atoms with Gasteiger partial charge in [0.25, 0.3) is 0 Å². The molecule has 0 fully saturated rings. The normalized spacial score (nSPS) is 12.3.